The zero-order valence-corrected chi connectivity index (χ0v) is 9.80. The summed E-state index contributed by atoms with van der Waals surface area (Å²) >= 11 is 0. The van der Waals surface area contributed by atoms with Gasteiger partial charge in [0.05, 0.1) is 19.3 Å². The Morgan fingerprint density at radius 3 is 3.12 bits per heavy atom. The van der Waals surface area contributed by atoms with Gasteiger partial charge in [0.15, 0.2) is 0 Å². The molecule has 1 aromatic rings. The summed E-state index contributed by atoms with van der Waals surface area (Å²) in [5.41, 5.74) is -0.918. The van der Waals surface area contributed by atoms with Crippen molar-refractivity contribution in [3.05, 3.63) is 18.1 Å². The minimum absolute atomic E-state index is 0.212. The van der Waals surface area contributed by atoms with Gasteiger partial charge < -0.3 is 15.2 Å². The first-order chi connectivity index (χ1) is 8.02. The van der Waals surface area contributed by atoms with Crippen LogP contribution in [0.15, 0.2) is 12.3 Å². The number of carbonyl (C=O) groups is 1. The lowest BCUT2D eigenvalue weighted by Crippen LogP contribution is -2.43. The van der Waals surface area contributed by atoms with Crippen molar-refractivity contribution in [3.63, 3.8) is 0 Å². The van der Waals surface area contributed by atoms with Crippen LogP contribution in [0.25, 0.3) is 0 Å². The monoisotopic (exact) mass is 237 g/mol. The van der Waals surface area contributed by atoms with Gasteiger partial charge in [0, 0.05) is 6.20 Å². The summed E-state index contributed by atoms with van der Waals surface area (Å²) in [4.78, 5) is 19.4. The molecule has 1 aromatic heterocycles. The Bertz CT molecular complexity index is 438. The number of ether oxygens (including phenoxy) is 1. The molecule has 0 radical (unpaired) electrons. The summed E-state index contributed by atoms with van der Waals surface area (Å²) in [5.74, 6) is 0.407. The number of carboxylic acid groups (broad SMARTS) is 1. The van der Waals surface area contributed by atoms with Crippen molar-refractivity contribution in [2.45, 2.75) is 19.9 Å². The third-order valence-corrected chi connectivity index (χ3v) is 3.04. The summed E-state index contributed by atoms with van der Waals surface area (Å²) in [6, 6.07) is 1.43. The second-order valence-corrected chi connectivity index (χ2v) is 4.42. The number of nitrogens with one attached hydrogen (secondary N) is 1. The van der Waals surface area contributed by atoms with E-state index < -0.39 is 11.4 Å². The molecule has 1 fully saturated rings. The fourth-order valence-electron chi connectivity index (χ4n) is 1.80. The number of aliphatic carboxylic acids is 1. The molecule has 0 spiro atoms. The smallest absolute Gasteiger partial charge is 0.313 e. The molecule has 6 nitrogen and oxygen atoms in total. The van der Waals surface area contributed by atoms with Crippen molar-refractivity contribution in [1.29, 1.82) is 0 Å². The minimum atomic E-state index is -0.918. The maximum atomic E-state index is 11.2. The van der Waals surface area contributed by atoms with Crippen molar-refractivity contribution >= 4 is 11.8 Å². The molecular formula is C11H15N3O3. The Morgan fingerprint density at radius 2 is 2.47 bits per heavy atom. The van der Waals surface area contributed by atoms with E-state index in [9.17, 15) is 9.90 Å². The van der Waals surface area contributed by atoms with Crippen molar-refractivity contribution in [1.82, 2.24) is 9.97 Å². The van der Waals surface area contributed by atoms with Crippen molar-refractivity contribution in [2.75, 3.05) is 18.5 Å². The van der Waals surface area contributed by atoms with Crippen LogP contribution in [0.4, 0.5) is 5.82 Å². The second kappa shape index (κ2) is 4.29. The van der Waals surface area contributed by atoms with Gasteiger partial charge in [-0.25, -0.2) is 9.97 Å². The van der Waals surface area contributed by atoms with E-state index >= 15 is 0 Å². The Morgan fingerprint density at radius 1 is 1.71 bits per heavy atom. The van der Waals surface area contributed by atoms with Gasteiger partial charge in [0.25, 0.3) is 0 Å². The van der Waals surface area contributed by atoms with E-state index in [1.54, 1.807) is 26.1 Å². The normalized spacial score (nSPS) is 28.0. The van der Waals surface area contributed by atoms with Crippen LogP contribution in [0.2, 0.25) is 0 Å². The average Bonchev–Trinajstić information content (AvgIpc) is 2.62. The maximum absolute atomic E-state index is 11.2. The fourth-order valence-corrected chi connectivity index (χ4v) is 1.80. The van der Waals surface area contributed by atoms with E-state index in [0.29, 0.717) is 18.2 Å². The highest BCUT2D eigenvalue weighted by atomic mass is 16.5. The molecule has 1 aliphatic heterocycles. The quantitative estimate of drug-likeness (QED) is 0.804. The molecule has 0 aliphatic carbocycles. The summed E-state index contributed by atoms with van der Waals surface area (Å²) < 4.78 is 5.25. The van der Waals surface area contributed by atoms with Gasteiger partial charge in [0.2, 0.25) is 0 Å². The SMILES string of the molecule is Cc1nccc(NC2COCC2(C)C(=O)O)n1. The number of hydrogen-bond acceptors (Lipinski definition) is 5. The standard InChI is InChI=1S/C11H15N3O3/c1-7-12-4-3-9(13-7)14-8-5-17-6-11(8,2)10(15)16/h3-4,8H,5-6H2,1-2H3,(H,15,16)(H,12,13,14). The van der Waals surface area contributed by atoms with Gasteiger partial charge in [-0.3, -0.25) is 4.79 Å². The Hall–Kier alpha value is -1.69. The molecule has 1 aliphatic rings. The Labute approximate surface area is 99.0 Å². The largest absolute Gasteiger partial charge is 0.481 e. The van der Waals surface area contributed by atoms with E-state index in [0.717, 1.165) is 0 Å². The van der Waals surface area contributed by atoms with Gasteiger partial charge in [-0.05, 0) is 19.9 Å². The van der Waals surface area contributed by atoms with Crippen LogP contribution >= 0.6 is 0 Å². The lowest BCUT2D eigenvalue weighted by atomic mass is 9.85. The summed E-state index contributed by atoms with van der Waals surface area (Å²) in [5, 5.41) is 12.3. The zero-order valence-electron chi connectivity index (χ0n) is 9.80. The number of anilines is 1. The molecule has 1 saturated heterocycles. The van der Waals surface area contributed by atoms with Crippen LogP contribution < -0.4 is 5.32 Å². The highest BCUT2D eigenvalue weighted by Gasteiger charge is 2.46. The topological polar surface area (TPSA) is 84.3 Å². The third-order valence-electron chi connectivity index (χ3n) is 3.04. The molecule has 92 valence electrons. The fraction of sp³-hybridized carbons (Fsp3) is 0.545. The lowest BCUT2D eigenvalue weighted by molar-refractivity contribution is -0.148. The number of hydrogen-bond donors (Lipinski definition) is 2. The maximum Gasteiger partial charge on any atom is 0.313 e. The highest BCUT2D eigenvalue weighted by molar-refractivity contribution is 5.76. The number of aromatic nitrogens is 2. The predicted molar refractivity (Wildman–Crippen MR) is 60.7 cm³/mol. The molecule has 0 bridgehead atoms. The van der Waals surface area contributed by atoms with E-state index in [1.165, 1.54) is 0 Å². The first kappa shape index (κ1) is 11.8. The van der Waals surface area contributed by atoms with Crippen LogP contribution in [0.3, 0.4) is 0 Å². The Balaban J connectivity index is 2.16. The number of carboxylic acids is 1. The van der Waals surface area contributed by atoms with Crippen molar-refractivity contribution < 1.29 is 14.6 Å². The van der Waals surface area contributed by atoms with E-state index in [4.69, 9.17) is 4.74 Å². The first-order valence-electron chi connectivity index (χ1n) is 5.40. The van der Waals surface area contributed by atoms with Gasteiger partial charge in [-0.1, -0.05) is 0 Å². The summed E-state index contributed by atoms with van der Waals surface area (Å²) in [7, 11) is 0. The van der Waals surface area contributed by atoms with Gasteiger partial charge in [-0.2, -0.15) is 0 Å². The molecule has 2 N–H and O–H groups in total. The summed E-state index contributed by atoms with van der Waals surface area (Å²) in [6.07, 6.45) is 1.64. The highest BCUT2D eigenvalue weighted by Crippen LogP contribution is 2.30. The van der Waals surface area contributed by atoms with Gasteiger partial charge in [-0.15, -0.1) is 0 Å². The average molecular weight is 237 g/mol. The first-order valence-corrected chi connectivity index (χ1v) is 5.40. The number of rotatable bonds is 3. The third kappa shape index (κ3) is 2.21. The van der Waals surface area contributed by atoms with Crippen LogP contribution in [-0.2, 0) is 9.53 Å². The van der Waals surface area contributed by atoms with Gasteiger partial charge >= 0.3 is 5.97 Å². The molecular weight excluding hydrogens is 222 g/mol. The van der Waals surface area contributed by atoms with Crippen LogP contribution in [0.5, 0.6) is 0 Å². The van der Waals surface area contributed by atoms with Crippen LogP contribution in [0, 0.1) is 12.3 Å². The molecule has 2 rings (SSSR count). The molecule has 0 aromatic carbocycles. The zero-order chi connectivity index (χ0) is 12.5. The molecule has 2 atom stereocenters. The van der Waals surface area contributed by atoms with Crippen molar-refractivity contribution in [3.8, 4) is 0 Å². The number of nitrogens with zero attached hydrogens (tertiary/aromatic N) is 2. The lowest BCUT2D eigenvalue weighted by Gasteiger charge is -2.25. The van der Waals surface area contributed by atoms with E-state index in [1.807, 2.05) is 0 Å². The molecule has 2 unspecified atom stereocenters. The second-order valence-electron chi connectivity index (χ2n) is 4.42. The number of aryl methyl sites for hydroxylation is 1. The molecule has 2 heterocycles. The molecule has 0 saturated carbocycles. The summed E-state index contributed by atoms with van der Waals surface area (Å²) in [6.45, 7) is 4.04. The molecule has 0 amide bonds. The minimum Gasteiger partial charge on any atom is -0.481 e. The van der Waals surface area contributed by atoms with Gasteiger partial charge in [0.1, 0.15) is 17.1 Å². The van der Waals surface area contributed by atoms with E-state index in [2.05, 4.69) is 15.3 Å². The Kier molecular flexibility index (Phi) is 2.97. The van der Waals surface area contributed by atoms with E-state index in [-0.39, 0.29) is 12.6 Å². The van der Waals surface area contributed by atoms with Crippen molar-refractivity contribution in [2.24, 2.45) is 5.41 Å². The molecule has 17 heavy (non-hydrogen) atoms. The van der Waals surface area contributed by atoms with Crippen LogP contribution in [-0.4, -0.2) is 40.3 Å². The predicted octanol–water partition coefficient (Wildman–Crippen LogP) is 0.687. The van der Waals surface area contributed by atoms with Crippen LogP contribution in [0.1, 0.15) is 12.7 Å². The molecule has 6 heteroatoms.